The van der Waals surface area contributed by atoms with Crippen molar-refractivity contribution in [1.29, 1.82) is 0 Å². The number of hydrogen-bond acceptors (Lipinski definition) is 2. The quantitative estimate of drug-likeness (QED) is 0.445. The van der Waals surface area contributed by atoms with Gasteiger partial charge in [-0.25, -0.2) is 0 Å². The Bertz CT molecular complexity index is 172. The van der Waals surface area contributed by atoms with E-state index in [1.54, 1.807) is 40.0 Å². The van der Waals surface area contributed by atoms with Crippen LogP contribution in [0.4, 0.5) is 0 Å². The fourth-order valence-corrected chi connectivity index (χ4v) is 2.23. The molecule has 2 atom stereocenters. The summed E-state index contributed by atoms with van der Waals surface area (Å²) < 4.78 is 2.21. The first-order valence-electron chi connectivity index (χ1n) is 2.12. The Morgan fingerprint density at radius 2 is 1.62 bits per heavy atom. The van der Waals surface area contributed by atoms with E-state index in [1.807, 2.05) is 6.07 Å². The van der Waals surface area contributed by atoms with Crippen molar-refractivity contribution >= 4 is 42.7 Å². The minimum absolute atomic E-state index is 1.10. The monoisotopic (exact) mass is 232 g/mol. The van der Waals surface area contributed by atoms with Crippen molar-refractivity contribution in [3.63, 3.8) is 0 Å². The Balaban J connectivity index is 3.08. The van der Waals surface area contributed by atoms with E-state index in [0.717, 1.165) is 8.96 Å². The fourth-order valence-electron chi connectivity index (χ4n) is 0.388. The predicted octanol–water partition coefficient (Wildman–Crippen LogP) is -3.01. The van der Waals surface area contributed by atoms with Gasteiger partial charge >= 0.3 is 65.0 Å². The molecule has 0 aliphatic rings. The zero-order valence-corrected chi connectivity index (χ0v) is 9.05. The molecular weight excluding hydrogens is 226 g/mol. The van der Waals surface area contributed by atoms with Gasteiger partial charge in [-0.15, -0.1) is 0 Å². The van der Waals surface area contributed by atoms with Crippen LogP contribution in [0.1, 0.15) is 0 Å². The Labute approximate surface area is 65.1 Å². The molecule has 2 nitrogen and oxygen atoms in total. The van der Waals surface area contributed by atoms with Gasteiger partial charge in [0.1, 0.15) is 0 Å². The molecule has 8 heavy (non-hydrogen) atoms. The molecule has 0 radical (unpaired) electrons. The number of hydrogen-bond donors (Lipinski definition) is 0. The van der Waals surface area contributed by atoms with E-state index >= 15 is 0 Å². The Morgan fingerprint density at radius 3 is 1.88 bits per heavy atom. The van der Waals surface area contributed by atoms with Gasteiger partial charge in [0.05, 0.1) is 0 Å². The van der Waals surface area contributed by atoms with Crippen LogP contribution in [0.5, 0.6) is 0 Å². The molecule has 0 N–H and O–H groups in total. The predicted molar refractivity (Wildman–Crippen MR) is 38.4 cm³/mol. The van der Waals surface area contributed by atoms with Crippen LogP contribution in [-0.2, 0) is 0 Å². The van der Waals surface area contributed by atoms with E-state index in [9.17, 15) is 0 Å². The first kappa shape index (κ1) is 6.32. The summed E-state index contributed by atoms with van der Waals surface area (Å²) in [6.07, 6.45) is 1.61. The van der Waals surface area contributed by atoms with Gasteiger partial charge in [0.2, 0.25) is 0 Å². The topological polar surface area (TPSA) is 25.8 Å². The summed E-state index contributed by atoms with van der Waals surface area (Å²) >= 11 is 3.09. The molecule has 0 fully saturated rings. The van der Waals surface area contributed by atoms with Gasteiger partial charge in [0.15, 0.2) is 0 Å². The first-order valence-corrected chi connectivity index (χ1v) is 4.54. The maximum atomic E-state index is 3.97. The van der Waals surface area contributed by atoms with Crippen molar-refractivity contribution in [3.8, 4) is 0 Å². The van der Waals surface area contributed by atoms with Crippen molar-refractivity contribution in [1.82, 2.24) is 9.97 Å². The Morgan fingerprint density at radius 1 is 1.12 bits per heavy atom. The van der Waals surface area contributed by atoms with Crippen LogP contribution >= 0.6 is 0 Å². The van der Waals surface area contributed by atoms with Crippen molar-refractivity contribution in [2.75, 3.05) is 0 Å². The van der Waals surface area contributed by atoms with Gasteiger partial charge in [0, 0.05) is 0 Å². The molecule has 0 aromatic carbocycles. The van der Waals surface area contributed by atoms with E-state index in [0.29, 0.717) is 0 Å². The van der Waals surface area contributed by atoms with Crippen LogP contribution in [0.2, 0.25) is 0 Å². The summed E-state index contributed by atoms with van der Waals surface area (Å²) in [5, 5.41) is 0. The molecule has 0 saturated carbocycles. The van der Waals surface area contributed by atoms with Crippen molar-refractivity contribution in [2.24, 2.45) is 0 Å². The molecule has 0 aliphatic carbocycles. The summed E-state index contributed by atoms with van der Waals surface area (Å²) in [6.45, 7) is 0. The van der Waals surface area contributed by atoms with Crippen LogP contribution in [0.25, 0.3) is 0 Å². The third-order valence-electron chi connectivity index (χ3n) is 0.709. The maximum absolute atomic E-state index is 3.97. The summed E-state index contributed by atoms with van der Waals surface area (Å²) in [5.74, 6) is 0. The van der Waals surface area contributed by atoms with Crippen LogP contribution < -0.4 is 8.96 Å². The van der Waals surface area contributed by atoms with Crippen molar-refractivity contribution < 1.29 is 0 Å². The van der Waals surface area contributed by atoms with Gasteiger partial charge in [0.25, 0.3) is 0 Å². The average Bonchev–Trinajstić information content (AvgIpc) is 1.64. The van der Waals surface area contributed by atoms with E-state index in [1.165, 1.54) is 0 Å². The van der Waals surface area contributed by atoms with E-state index in [2.05, 4.69) is 9.97 Å². The fraction of sp³-hybridized carbons (Fsp3) is 0. The molecule has 1 aromatic heterocycles. The summed E-state index contributed by atoms with van der Waals surface area (Å²) in [4.78, 5) is 7.93. The zero-order valence-electron chi connectivity index (χ0n) is 4.20. The number of rotatable bonds is 0. The second kappa shape index (κ2) is 2.66. The van der Waals surface area contributed by atoms with Crippen LogP contribution in [-0.4, -0.2) is 43.7 Å². The molecule has 0 aliphatic heterocycles. The minimum atomic E-state index is 1.10. The third-order valence-corrected chi connectivity index (χ3v) is 2.03. The van der Waals surface area contributed by atoms with E-state index in [4.69, 9.17) is 0 Å². The third kappa shape index (κ3) is 1.61. The van der Waals surface area contributed by atoms with Crippen molar-refractivity contribution in [3.05, 3.63) is 12.4 Å². The van der Waals surface area contributed by atoms with E-state index in [-0.39, 0.29) is 0 Å². The summed E-state index contributed by atoms with van der Waals surface area (Å²) in [7, 11) is 0. The Kier molecular flexibility index (Phi) is 2.10. The van der Waals surface area contributed by atoms with E-state index < -0.39 is 0 Å². The second-order valence-electron chi connectivity index (χ2n) is 1.37. The zero-order chi connectivity index (χ0) is 5.98. The van der Waals surface area contributed by atoms with Crippen molar-refractivity contribution in [2.45, 2.75) is 0 Å². The SMILES string of the molecule is [AsH2]c1cc([AsH2])ncn1. The second-order valence-corrected chi connectivity index (χ2v) is 3.85. The van der Waals surface area contributed by atoms with Gasteiger partial charge in [-0.2, -0.15) is 0 Å². The van der Waals surface area contributed by atoms with Gasteiger partial charge in [-0.3, -0.25) is 0 Å². The molecule has 42 valence electrons. The standard InChI is InChI=1S/C4H6As2N2/c5-3-1-4(6)8-2-7-3/h1-2H,5-6H2. The van der Waals surface area contributed by atoms with Gasteiger partial charge < -0.3 is 0 Å². The van der Waals surface area contributed by atoms with Crippen LogP contribution in [0.15, 0.2) is 12.4 Å². The van der Waals surface area contributed by atoms with Crippen LogP contribution in [0, 0.1) is 0 Å². The molecule has 1 rings (SSSR count). The molecule has 1 heterocycles. The molecule has 0 amide bonds. The number of aromatic nitrogens is 2. The molecule has 1 aromatic rings. The summed E-state index contributed by atoms with van der Waals surface area (Å²) in [5.41, 5.74) is 0. The average molecular weight is 232 g/mol. The Hall–Kier alpha value is 0.197. The molecule has 4 heteroatoms. The normalized spacial score (nSPS) is 9.25. The van der Waals surface area contributed by atoms with Crippen LogP contribution in [0.3, 0.4) is 0 Å². The molecule has 0 spiro atoms. The van der Waals surface area contributed by atoms with Gasteiger partial charge in [-0.1, -0.05) is 0 Å². The molecular formula is C4H6As2N2. The first-order chi connectivity index (χ1) is 3.79. The summed E-state index contributed by atoms with van der Waals surface area (Å²) in [6, 6.07) is 2.00. The molecule has 0 bridgehead atoms. The molecule has 0 saturated heterocycles. The molecule has 2 unspecified atom stereocenters. The van der Waals surface area contributed by atoms with Gasteiger partial charge in [-0.05, 0) is 0 Å². The number of nitrogens with zero attached hydrogens (tertiary/aromatic N) is 2.